The molecule has 0 bridgehead atoms. The molecule has 0 fully saturated rings. The van der Waals surface area contributed by atoms with Gasteiger partial charge in [0.15, 0.2) is 11.5 Å². The third-order valence-corrected chi connectivity index (χ3v) is 6.07. The molecule has 1 unspecified atom stereocenters. The Hall–Kier alpha value is -3.87. The van der Waals surface area contributed by atoms with Crippen molar-refractivity contribution < 1.29 is 23.5 Å². The van der Waals surface area contributed by atoms with Gasteiger partial charge in [-0.25, -0.2) is 4.39 Å². The third-order valence-electron chi connectivity index (χ3n) is 6.07. The zero-order valence-electron chi connectivity index (χ0n) is 20.6. The number of nitrogens with zero attached hydrogens (tertiary/aromatic N) is 1. The number of hydrogen-bond acceptors (Lipinski definition) is 4. The summed E-state index contributed by atoms with van der Waals surface area (Å²) < 4.78 is 25.4. The number of nitrogens with one attached hydrogen (secondary N) is 1. The van der Waals surface area contributed by atoms with Crippen molar-refractivity contribution in [3.8, 4) is 11.5 Å². The molecule has 0 radical (unpaired) electrons. The fourth-order valence-electron chi connectivity index (χ4n) is 4.24. The van der Waals surface area contributed by atoms with Crippen LogP contribution in [0.1, 0.15) is 37.0 Å². The van der Waals surface area contributed by atoms with Crippen molar-refractivity contribution in [3.63, 3.8) is 0 Å². The largest absolute Gasteiger partial charge is 0.454 e. The van der Waals surface area contributed by atoms with Crippen LogP contribution in [0.2, 0.25) is 0 Å². The second-order valence-corrected chi connectivity index (χ2v) is 9.17. The highest BCUT2D eigenvalue weighted by Gasteiger charge is 2.31. The lowest BCUT2D eigenvalue weighted by Gasteiger charge is -2.32. The highest BCUT2D eigenvalue weighted by molar-refractivity contribution is 5.88. The maximum Gasteiger partial charge on any atom is 0.243 e. The summed E-state index contributed by atoms with van der Waals surface area (Å²) in [6, 6.07) is 20.6. The van der Waals surface area contributed by atoms with Crippen molar-refractivity contribution in [2.75, 3.05) is 6.79 Å². The average Bonchev–Trinajstić information content (AvgIpc) is 3.34. The molecule has 6 nitrogen and oxygen atoms in total. The Morgan fingerprint density at radius 3 is 2.42 bits per heavy atom. The molecule has 4 rings (SSSR count). The number of amides is 2. The van der Waals surface area contributed by atoms with Gasteiger partial charge in [0.05, 0.1) is 0 Å². The van der Waals surface area contributed by atoms with Gasteiger partial charge in [0.1, 0.15) is 11.9 Å². The first kappa shape index (κ1) is 25.2. The van der Waals surface area contributed by atoms with Crippen molar-refractivity contribution >= 4 is 11.8 Å². The van der Waals surface area contributed by atoms with Gasteiger partial charge in [0, 0.05) is 31.0 Å². The van der Waals surface area contributed by atoms with Crippen LogP contribution >= 0.6 is 0 Å². The van der Waals surface area contributed by atoms with E-state index in [1.165, 1.54) is 11.0 Å². The highest BCUT2D eigenvalue weighted by atomic mass is 19.1. The first-order valence-electron chi connectivity index (χ1n) is 12.2. The molecular formula is C29H31FN2O4. The van der Waals surface area contributed by atoms with Crippen LogP contribution in [-0.4, -0.2) is 35.6 Å². The third kappa shape index (κ3) is 6.42. The van der Waals surface area contributed by atoms with Crippen molar-refractivity contribution in [1.82, 2.24) is 10.2 Å². The smallest absolute Gasteiger partial charge is 0.243 e. The van der Waals surface area contributed by atoms with E-state index in [-0.39, 0.29) is 37.6 Å². The van der Waals surface area contributed by atoms with Crippen LogP contribution in [0.5, 0.6) is 11.5 Å². The first-order chi connectivity index (χ1) is 17.4. The SMILES string of the molecule is CC(C)NC(=O)C(Cc1ccccc1)N(Cc1ccccc1F)C(=O)CCc1ccc2c(c1)OCO2. The highest BCUT2D eigenvalue weighted by Crippen LogP contribution is 2.33. The lowest BCUT2D eigenvalue weighted by atomic mass is 10.0. The molecule has 1 aliphatic rings. The molecule has 1 heterocycles. The summed E-state index contributed by atoms with van der Waals surface area (Å²) in [5.74, 6) is 0.437. The fourth-order valence-corrected chi connectivity index (χ4v) is 4.24. The minimum absolute atomic E-state index is 0.00430. The number of hydrogen-bond donors (Lipinski definition) is 1. The molecule has 0 aromatic heterocycles. The Morgan fingerprint density at radius 2 is 1.67 bits per heavy atom. The van der Waals surface area contributed by atoms with Gasteiger partial charge in [-0.1, -0.05) is 54.6 Å². The molecule has 7 heteroatoms. The van der Waals surface area contributed by atoms with E-state index in [1.54, 1.807) is 18.2 Å². The molecule has 1 aliphatic heterocycles. The zero-order valence-corrected chi connectivity index (χ0v) is 20.6. The molecule has 3 aromatic carbocycles. The van der Waals surface area contributed by atoms with Gasteiger partial charge in [0.25, 0.3) is 0 Å². The lowest BCUT2D eigenvalue weighted by molar-refractivity contribution is -0.141. The van der Waals surface area contributed by atoms with Crippen LogP contribution in [-0.2, 0) is 29.0 Å². The number of benzene rings is 3. The van der Waals surface area contributed by atoms with E-state index >= 15 is 0 Å². The number of halogens is 1. The van der Waals surface area contributed by atoms with Crippen molar-refractivity contribution in [1.29, 1.82) is 0 Å². The second kappa shape index (κ2) is 11.7. The van der Waals surface area contributed by atoms with E-state index in [4.69, 9.17) is 9.47 Å². The summed E-state index contributed by atoms with van der Waals surface area (Å²) in [6.07, 6.45) is 0.936. The van der Waals surface area contributed by atoms with Crippen molar-refractivity contribution in [2.45, 2.75) is 51.7 Å². The molecular weight excluding hydrogens is 459 g/mol. The lowest BCUT2D eigenvalue weighted by Crippen LogP contribution is -2.52. The van der Waals surface area contributed by atoms with Crippen LogP contribution < -0.4 is 14.8 Å². The van der Waals surface area contributed by atoms with E-state index in [2.05, 4.69) is 5.32 Å². The van der Waals surface area contributed by atoms with E-state index in [9.17, 15) is 14.0 Å². The monoisotopic (exact) mass is 490 g/mol. The number of ether oxygens (including phenoxy) is 2. The minimum atomic E-state index is -0.793. The molecule has 3 aromatic rings. The average molecular weight is 491 g/mol. The number of carbonyl (C=O) groups excluding carboxylic acids is 2. The van der Waals surface area contributed by atoms with Crippen molar-refractivity contribution in [3.05, 3.63) is 95.3 Å². The maximum absolute atomic E-state index is 14.6. The predicted octanol–water partition coefficient (Wildman–Crippen LogP) is 4.65. The van der Waals surface area contributed by atoms with Gasteiger partial charge in [-0.05, 0) is 49.6 Å². The summed E-state index contributed by atoms with van der Waals surface area (Å²) in [6.45, 7) is 3.93. The normalized spacial score (nSPS) is 12.9. The molecule has 1 N–H and O–H groups in total. The Labute approximate surface area is 211 Å². The molecule has 188 valence electrons. The predicted molar refractivity (Wildman–Crippen MR) is 135 cm³/mol. The summed E-state index contributed by atoms with van der Waals surface area (Å²) in [4.78, 5) is 28.5. The minimum Gasteiger partial charge on any atom is -0.454 e. The van der Waals surface area contributed by atoms with Crippen LogP contribution in [0, 0.1) is 5.82 Å². The van der Waals surface area contributed by atoms with E-state index < -0.39 is 11.9 Å². The summed E-state index contributed by atoms with van der Waals surface area (Å²) in [5.41, 5.74) is 2.21. The number of fused-ring (bicyclic) bond motifs is 1. The summed E-state index contributed by atoms with van der Waals surface area (Å²) in [7, 11) is 0. The topological polar surface area (TPSA) is 67.9 Å². The maximum atomic E-state index is 14.6. The number of rotatable bonds is 10. The molecule has 0 saturated heterocycles. The van der Waals surface area contributed by atoms with Gasteiger partial charge < -0.3 is 19.7 Å². The van der Waals surface area contributed by atoms with Gasteiger partial charge in [-0.2, -0.15) is 0 Å². The van der Waals surface area contributed by atoms with Crippen LogP contribution in [0.3, 0.4) is 0 Å². The molecule has 36 heavy (non-hydrogen) atoms. The molecule has 0 spiro atoms. The van der Waals surface area contributed by atoms with Crippen LogP contribution in [0.4, 0.5) is 4.39 Å². The molecule has 0 aliphatic carbocycles. The van der Waals surface area contributed by atoms with Crippen LogP contribution in [0.25, 0.3) is 0 Å². The Balaban J connectivity index is 1.60. The number of carbonyl (C=O) groups is 2. The molecule has 2 amide bonds. The summed E-state index contributed by atoms with van der Waals surface area (Å²) >= 11 is 0. The number of aryl methyl sites for hydroxylation is 1. The quantitative estimate of drug-likeness (QED) is 0.449. The second-order valence-electron chi connectivity index (χ2n) is 9.17. The van der Waals surface area contributed by atoms with Gasteiger partial charge >= 0.3 is 0 Å². The standard InChI is InChI=1S/C29H31FN2O4/c1-20(2)31-29(34)25(16-21-8-4-3-5-9-21)32(18-23-10-6-7-11-24(23)30)28(33)15-13-22-12-14-26-27(17-22)36-19-35-26/h3-12,14,17,20,25H,13,15-16,18-19H2,1-2H3,(H,31,34). The van der Waals surface area contributed by atoms with E-state index in [0.29, 0.717) is 29.9 Å². The molecule has 0 saturated carbocycles. The van der Waals surface area contributed by atoms with Gasteiger partial charge in [-0.15, -0.1) is 0 Å². The Morgan fingerprint density at radius 1 is 0.944 bits per heavy atom. The molecule has 1 atom stereocenters. The zero-order chi connectivity index (χ0) is 25.5. The fraction of sp³-hybridized carbons (Fsp3) is 0.310. The first-order valence-corrected chi connectivity index (χ1v) is 12.2. The van der Waals surface area contributed by atoms with Gasteiger partial charge in [-0.3, -0.25) is 9.59 Å². The van der Waals surface area contributed by atoms with Gasteiger partial charge in [0.2, 0.25) is 18.6 Å². The Kier molecular flexibility index (Phi) is 8.21. The van der Waals surface area contributed by atoms with Crippen molar-refractivity contribution in [2.24, 2.45) is 0 Å². The van der Waals surface area contributed by atoms with E-state index in [0.717, 1.165) is 11.1 Å². The van der Waals surface area contributed by atoms with E-state index in [1.807, 2.05) is 62.4 Å². The Bertz CT molecular complexity index is 1200. The summed E-state index contributed by atoms with van der Waals surface area (Å²) in [5, 5.41) is 2.94. The van der Waals surface area contributed by atoms with Crippen LogP contribution in [0.15, 0.2) is 72.8 Å².